The van der Waals surface area contributed by atoms with Crippen LogP contribution in [0.2, 0.25) is 5.15 Å². The molecular weight excluding hydrogens is 400 g/mol. The average Bonchev–Trinajstić information content (AvgIpc) is 2.70. The zero-order valence-corrected chi connectivity index (χ0v) is 16.5. The first-order valence-electron chi connectivity index (χ1n) is 8.28. The van der Waals surface area contributed by atoms with Crippen molar-refractivity contribution in [3.63, 3.8) is 0 Å². The molecule has 2 N–H and O–H groups in total. The van der Waals surface area contributed by atoms with Gasteiger partial charge in [-0.2, -0.15) is 0 Å². The summed E-state index contributed by atoms with van der Waals surface area (Å²) in [7, 11) is 0. The molecule has 0 unspecified atom stereocenters. The largest absolute Gasteiger partial charge is 0.481 e. The minimum atomic E-state index is -0.636. The maximum absolute atomic E-state index is 12.0. The van der Waals surface area contributed by atoms with Gasteiger partial charge in [0.05, 0.1) is 11.1 Å². The van der Waals surface area contributed by atoms with E-state index in [1.54, 1.807) is 30.0 Å². The second kappa shape index (κ2) is 8.95. The molecule has 28 heavy (non-hydrogen) atoms. The molecule has 2 aromatic carbocycles. The van der Waals surface area contributed by atoms with Gasteiger partial charge in [-0.25, -0.2) is 9.78 Å². The van der Waals surface area contributed by atoms with E-state index in [1.807, 2.05) is 30.5 Å². The van der Waals surface area contributed by atoms with Crippen LogP contribution in [-0.4, -0.2) is 29.7 Å². The first-order valence-corrected chi connectivity index (χ1v) is 9.88. The number of ether oxygens (including phenoxy) is 2. The number of halogens is 1. The molecule has 0 spiro atoms. The van der Waals surface area contributed by atoms with Crippen molar-refractivity contribution in [1.82, 2.24) is 4.98 Å². The van der Waals surface area contributed by atoms with Crippen molar-refractivity contribution in [1.29, 1.82) is 0 Å². The van der Waals surface area contributed by atoms with Gasteiger partial charge in [0.25, 0.3) is 5.91 Å². The fraction of sp³-hybridized carbons (Fsp3) is 0.150. The van der Waals surface area contributed by atoms with Crippen LogP contribution in [0.5, 0.6) is 5.75 Å². The Balaban J connectivity index is 1.63. The monoisotopic (exact) mass is 416 g/mol. The van der Waals surface area contributed by atoms with E-state index in [4.69, 9.17) is 26.8 Å². The van der Waals surface area contributed by atoms with Crippen LogP contribution < -0.4 is 10.5 Å². The molecule has 1 aromatic heterocycles. The summed E-state index contributed by atoms with van der Waals surface area (Å²) in [4.78, 5) is 28.8. The van der Waals surface area contributed by atoms with Gasteiger partial charge in [0, 0.05) is 15.8 Å². The van der Waals surface area contributed by atoms with Gasteiger partial charge in [0.1, 0.15) is 17.5 Å². The van der Waals surface area contributed by atoms with Gasteiger partial charge in [0.15, 0.2) is 6.61 Å². The van der Waals surface area contributed by atoms with Crippen molar-refractivity contribution in [3.05, 3.63) is 64.8 Å². The fourth-order valence-electron chi connectivity index (χ4n) is 2.53. The second-order valence-electron chi connectivity index (χ2n) is 5.81. The van der Waals surface area contributed by atoms with Crippen molar-refractivity contribution in [2.24, 2.45) is 5.73 Å². The summed E-state index contributed by atoms with van der Waals surface area (Å²) >= 11 is 7.84. The zero-order chi connectivity index (χ0) is 20.1. The van der Waals surface area contributed by atoms with E-state index in [9.17, 15) is 9.59 Å². The Morgan fingerprint density at radius 3 is 2.71 bits per heavy atom. The molecule has 8 heteroatoms. The van der Waals surface area contributed by atoms with Crippen molar-refractivity contribution < 1.29 is 19.1 Å². The first-order chi connectivity index (χ1) is 13.5. The first kappa shape index (κ1) is 20.0. The number of esters is 1. The number of aromatic nitrogens is 1. The molecule has 144 valence electrons. The van der Waals surface area contributed by atoms with E-state index >= 15 is 0 Å². The summed E-state index contributed by atoms with van der Waals surface area (Å²) in [5, 5.41) is 1.18. The van der Waals surface area contributed by atoms with E-state index in [1.165, 1.54) is 6.07 Å². The number of nitrogens with two attached hydrogens (primary N) is 1. The summed E-state index contributed by atoms with van der Waals surface area (Å²) in [5.74, 6) is -1.02. The number of para-hydroxylation sites is 1. The minimum Gasteiger partial charge on any atom is -0.481 e. The minimum absolute atomic E-state index is 0.0360. The lowest BCUT2D eigenvalue weighted by Crippen LogP contribution is -2.18. The lowest BCUT2D eigenvalue weighted by Gasteiger charge is -2.10. The Morgan fingerprint density at radius 1 is 1.18 bits per heavy atom. The zero-order valence-electron chi connectivity index (χ0n) is 15.0. The van der Waals surface area contributed by atoms with E-state index in [2.05, 4.69) is 4.98 Å². The molecule has 3 aromatic rings. The average molecular weight is 417 g/mol. The lowest BCUT2D eigenvalue weighted by molar-refractivity contribution is -0.147. The predicted octanol–water partition coefficient (Wildman–Crippen LogP) is 3.83. The number of nitrogens with zero attached hydrogens (tertiary/aromatic N) is 1. The van der Waals surface area contributed by atoms with Crippen molar-refractivity contribution >= 4 is 46.1 Å². The van der Waals surface area contributed by atoms with Gasteiger partial charge in [0.2, 0.25) is 0 Å². The molecule has 0 atom stereocenters. The molecule has 6 nitrogen and oxygen atoms in total. The Kier molecular flexibility index (Phi) is 6.38. The highest BCUT2D eigenvalue weighted by molar-refractivity contribution is 7.98. The summed E-state index contributed by atoms with van der Waals surface area (Å²) in [6, 6.07) is 14.1. The highest BCUT2D eigenvalue weighted by Gasteiger charge is 2.13. The molecular formula is C20H17ClN2O4S. The van der Waals surface area contributed by atoms with E-state index in [0.29, 0.717) is 5.56 Å². The third kappa shape index (κ3) is 4.74. The molecule has 0 bridgehead atoms. The van der Waals surface area contributed by atoms with Crippen LogP contribution in [0.25, 0.3) is 10.9 Å². The van der Waals surface area contributed by atoms with E-state index < -0.39 is 11.9 Å². The molecule has 0 aliphatic carbocycles. The van der Waals surface area contributed by atoms with Crippen LogP contribution in [0, 0.1) is 0 Å². The van der Waals surface area contributed by atoms with Crippen LogP contribution in [0.3, 0.4) is 0 Å². The number of pyridine rings is 1. The number of amides is 1. The van der Waals surface area contributed by atoms with Crippen LogP contribution in [-0.2, 0) is 16.1 Å². The Labute approximate surface area is 171 Å². The number of primary amides is 1. The Bertz CT molecular complexity index is 1040. The molecule has 1 amide bonds. The number of hydrogen-bond acceptors (Lipinski definition) is 6. The Hall–Kier alpha value is -2.77. The Morgan fingerprint density at radius 2 is 1.96 bits per heavy atom. The van der Waals surface area contributed by atoms with Crippen LogP contribution in [0.1, 0.15) is 15.9 Å². The highest BCUT2D eigenvalue weighted by atomic mass is 35.5. The van der Waals surface area contributed by atoms with Crippen molar-refractivity contribution in [2.45, 2.75) is 11.5 Å². The number of thioether (sulfide) groups is 1. The molecule has 0 aliphatic heterocycles. The number of fused-ring (bicyclic) bond motifs is 1. The van der Waals surface area contributed by atoms with Gasteiger partial charge in [-0.15, -0.1) is 11.8 Å². The molecule has 0 saturated heterocycles. The van der Waals surface area contributed by atoms with Crippen molar-refractivity contribution in [2.75, 3.05) is 12.9 Å². The standard InChI is InChI=1S/C20H17ClN2O4S/c1-28-14-7-6-12-8-13(19(21)23-16(12)9-14)10-27-18(24)11-26-17-5-3-2-4-15(17)20(22)25/h2-9H,10-11H2,1H3,(H2,22,25). The summed E-state index contributed by atoms with van der Waals surface area (Å²) in [5.41, 5.74) is 6.84. The highest BCUT2D eigenvalue weighted by Crippen LogP contribution is 2.25. The van der Waals surface area contributed by atoms with Crippen LogP contribution in [0.15, 0.2) is 53.4 Å². The topological polar surface area (TPSA) is 91.5 Å². The maximum atomic E-state index is 12.0. The number of carbonyl (C=O) groups excluding carboxylic acids is 2. The quantitative estimate of drug-likeness (QED) is 0.357. The third-order valence-corrected chi connectivity index (χ3v) is 4.99. The summed E-state index contributed by atoms with van der Waals surface area (Å²) in [6.45, 7) is -0.397. The van der Waals surface area contributed by atoms with Gasteiger partial charge in [-0.3, -0.25) is 4.79 Å². The fourth-order valence-corrected chi connectivity index (χ4v) is 3.16. The van der Waals surface area contributed by atoms with Gasteiger partial charge < -0.3 is 15.2 Å². The van der Waals surface area contributed by atoms with E-state index in [-0.39, 0.29) is 29.7 Å². The molecule has 0 aliphatic rings. The third-order valence-electron chi connectivity index (χ3n) is 3.94. The SMILES string of the molecule is CSc1ccc2cc(COC(=O)COc3ccccc3C(N)=O)c(Cl)nc2c1. The van der Waals surface area contributed by atoms with Crippen LogP contribution >= 0.6 is 23.4 Å². The van der Waals surface area contributed by atoms with Crippen molar-refractivity contribution in [3.8, 4) is 5.75 Å². The van der Waals surface area contributed by atoms with Gasteiger partial charge in [-0.1, -0.05) is 29.8 Å². The molecule has 0 saturated carbocycles. The smallest absolute Gasteiger partial charge is 0.344 e. The molecule has 0 radical (unpaired) electrons. The lowest BCUT2D eigenvalue weighted by atomic mass is 10.2. The number of hydrogen-bond donors (Lipinski definition) is 1. The van der Waals surface area contributed by atoms with Gasteiger partial charge >= 0.3 is 5.97 Å². The molecule has 1 heterocycles. The summed E-state index contributed by atoms with van der Waals surface area (Å²) in [6.07, 6.45) is 1.99. The number of carbonyl (C=O) groups is 2. The number of benzene rings is 2. The summed E-state index contributed by atoms with van der Waals surface area (Å²) < 4.78 is 10.6. The predicted molar refractivity (Wildman–Crippen MR) is 109 cm³/mol. The molecule has 0 fully saturated rings. The maximum Gasteiger partial charge on any atom is 0.344 e. The molecule has 3 rings (SSSR count). The van der Waals surface area contributed by atoms with Crippen LogP contribution in [0.4, 0.5) is 0 Å². The normalized spacial score (nSPS) is 10.6. The second-order valence-corrected chi connectivity index (χ2v) is 7.04. The van der Waals surface area contributed by atoms with Gasteiger partial charge in [-0.05, 0) is 36.6 Å². The number of rotatable bonds is 7. The van der Waals surface area contributed by atoms with E-state index in [0.717, 1.165) is 15.8 Å².